The van der Waals surface area contributed by atoms with Gasteiger partial charge in [0.1, 0.15) is 11.9 Å². The van der Waals surface area contributed by atoms with Crippen molar-refractivity contribution in [3.8, 4) is 5.75 Å². The quantitative estimate of drug-likeness (QED) is 0.842. The Kier molecular flexibility index (Phi) is 5.21. The van der Waals surface area contributed by atoms with Crippen LogP contribution in [0.2, 0.25) is 0 Å². The molecule has 2 rings (SSSR count). The molecule has 1 fully saturated rings. The lowest BCUT2D eigenvalue weighted by molar-refractivity contribution is 0.0807. The van der Waals surface area contributed by atoms with Gasteiger partial charge >= 0.3 is 0 Å². The van der Waals surface area contributed by atoms with Crippen LogP contribution in [0.15, 0.2) is 24.3 Å². The molecule has 22 heavy (non-hydrogen) atoms. The summed E-state index contributed by atoms with van der Waals surface area (Å²) in [4.78, 5) is 0. The van der Waals surface area contributed by atoms with Gasteiger partial charge in [-0.15, -0.1) is 0 Å². The zero-order valence-corrected chi connectivity index (χ0v) is 15.2. The minimum atomic E-state index is 0.336. The molecular weight excluding hydrogens is 270 g/mol. The van der Waals surface area contributed by atoms with E-state index in [1.807, 2.05) is 0 Å². The van der Waals surface area contributed by atoms with Crippen LogP contribution in [0.4, 0.5) is 0 Å². The van der Waals surface area contributed by atoms with Crippen LogP contribution in [0.25, 0.3) is 0 Å². The Morgan fingerprint density at radius 1 is 0.955 bits per heavy atom. The maximum atomic E-state index is 6.06. The Morgan fingerprint density at radius 2 is 1.55 bits per heavy atom. The van der Waals surface area contributed by atoms with Gasteiger partial charge in [0.2, 0.25) is 0 Å². The van der Waals surface area contributed by atoms with Gasteiger partial charge in [0.25, 0.3) is 0 Å². The molecule has 0 spiro atoms. The van der Waals surface area contributed by atoms with E-state index in [-0.39, 0.29) is 0 Å². The van der Waals surface area contributed by atoms with E-state index in [1.54, 1.807) is 0 Å². The van der Waals surface area contributed by atoms with Crippen molar-refractivity contribution in [2.75, 3.05) is 6.54 Å². The molecule has 0 radical (unpaired) electrons. The van der Waals surface area contributed by atoms with E-state index in [0.717, 1.165) is 31.6 Å². The van der Waals surface area contributed by atoms with Gasteiger partial charge in [0.15, 0.2) is 0 Å². The van der Waals surface area contributed by atoms with Crippen molar-refractivity contribution in [3.63, 3.8) is 0 Å². The zero-order chi connectivity index (χ0) is 16.4. The third-order valence-electron chi connectivity index (χ3n) is 3.98. The highest BCUT2D eigenvalue weighted by atomic mass is 16.5. The molecule has 0 amide bonds. The molecular formula is C20H33NO. The van der Waals surface area contributed by atoms with Gasteiger partial charge in [-0.1, -0.05) is 53.7 Å². The maximum Gasteiger partial charge on any atom is 0.119 e. The highest BCUT2D eigenvalue weighted by molar-refractivity contribution is 5.28. The summed E-state index contributed by atoms with van der Waals surface area (Å²) in [5, 5.41) is 3.63. The maximum absolute atomic E-state index is 6.06. The number of nitrogens with one attached hydrogen (secondary N) is 1. The van der Waals surface area contributed by atoms with Crippen molar-refractivity contribution in [1.29, 1.82) is 0 Å². The zero-order valence-electron chi connectivity index (χ0n) is 15.2. The number of hydrogen-bond acceptors (Lipinski definition) is 2. The fraction of sp³-hybridized carbons (Fsp3) is 0.700. The second-order valence-electron chi connectivity index (χ2n) is 9.23. The molecule has 0 unspecified atom stereocenters. The van der Waals surface area contributed by atoms with Crippen LogP contribution in [0, 0.1) is 10.8 Å². The lowest BCUT2D eigenvalue weighted by Gasteiger charge is -2.37. The van der Waals surface area contributed by atoms with Gasteiger partial charge < -0.3 is 10.1 Å². The summed E-state index contributed by atoms with van der Waals surface area (Å²) in [7, 11) is 0. The van der Waals surface area contributed by atoms with E-state index in [9.17, 15) is 0 Å². The average molecular weight is 303 g/mol. The Bertz CT molecular complexity index is 458. The van der Waals surface area contributed by atoms with E-state index in [4.69, 9.17) is 4.74 Å². The van der Waals surface area contributed by atoms with E-state index in [1.165, 1.54) is 5.56 Å². The van der Waals surface area contributed by atoms with Crippen LogP contribution in [0.1, 0.15) is 59.9 Å². The predicted molar refractivity (Wildman–Crippen MR) is 94.5 cm³/mol. The number of benzene rings is 1. The second-order valence-corrected chi connectivity index (χ2v) is 9.23. The van der Waals surface area contributed by atoms with Crippen LogP contribution in [-0.4, -0.2) is 18.7 Å². The van der Waals surface area contributed by atoms with E-state index < -0.39 is 0 Å². The van der Waals surface area contributed by atoms with Gasteiger partial charge in [0.05, 0.1) is 0 Å². The van der Waals surface area contributed by atoms with Gasteiger partial charge in [-0.25, -0.2) is 0 Å². The van der Waals surface area contributed by atoms with Crippen LogP contribution >= 0.6 is 0 Å². The minimum Gasteiger partial charge on any atom is -0.490 e. The van der Waals surface area contributed by atoms with Gasteiger partial charge in [0, 0.05) is 12.6 Å². The first-order valence-electron chi connectivity index (χ1n) is 8.60. The number of ether oxygens (including phenoxy) is 1. The molecule has 2 heteroatoms. The topological polar surface area (TPSA) is 21.3 Å². The number of rotatable bonds is 5. The molecule has 2 nitrogen and oxygen atoms in total. The van der Waals surface area contributed by atoms with Gasteiger partial charge in [-0.3, -0.25) is 0 Å². The highest BCUT2D eigenvalue weighted by Gasteiger charge is 2.31. The van der Waals surface area contributed by atoms with Crippen molar-refractivity contribution in [2.45, 2.75) is 73.0 Å². The first-order chi connectivity index (χ1) is 10.1. The molecule has 124 valence electrons. The molecule has 1 aliphatic carbocycles. The summed E-state index contributed by atoms with van der Waals surface area (Å²) >= 11 is 0. The monoisotopic (exact) mass is 303 g/mol. The van der Waals surface area contributed by atoms with Crippen molar-refractivity contribution in [3.05, 3.63) is 29.8 Å². The lowest BCUT2D eigenvalue weighted by Crippen LogP contribution is -2.48. The second kappa shape index (κ2) is 6.62. The van der Waals surface area contributed by atoms with Crippen LogP contribution in [-0.2, 0) is 6.42 Å². The largest absolute Gasteiger partial charge is 0.490 e. The van der Waals surface area contributed by atoms with Crippen LogP contribution < -0.4 is 10.1 Å². The molecule has 0 atom stereocenters. The summed E-state index contributed by atoms with van der Waals surface area (Å²) in [5.74, 6) is 1.01. The summed E-state index contributed by atoms with van der Waals surface area (Å²) in [6.07, 6.45) is 3.74. The summed E-state index contributed by atoms with van der Waals surface area (Å²) in [6.45, 7) is 14.7. The molecule has 1 saturated carbocycles. The third-order valence-corrected chi connectivity index (χ3v) is 3.98. The fourth-order valence-corrected chi connectivity index (χ4v) is 2.77. The molecule has 1 aliphatic rings. The standard InChI is InChI=1S/C20H33NO/c1-19(2,3)13-15-7-9-17(10-8-15)22-18-11-16(12-18)21-14-20(4,5)6/h7-10,16,18,21H,11-14H2,1-6H3/t16-,18-. The summed E-state index contributed by atoms with van der Waals surface area (Å²) < 4.78 is 6.06. The van der Waals surface area contributed by atoms with Crippen molar-refractivity contribution in [2.24, 2.45) is 10.8 Å². The molecule has 1 aromatic carbocycles. The van der Waals surface area contributed by atoms with Crippen LogP contribution in [0.3, 0.4) is 0 Å². The van der Waals surface area contributed by atoms with E-state index in [2.05, 4.69) is 71.1 Å². The Balaban J connectivity index is 1.72. The molecule has 0 heterocycles. The summed E-state index contributed by atoms with van der Waals surface area (Å²) in [6, 6.07) is 9.28. The SMILES string of the molecule is CC(C)(C)CN[C@H]1C[C@H](Oc2ccc(CC(C)(C)C)cc2)C1. The molecule has 1 aromatic rings. The molecule has 0 aliphatic heterocycles. The lowest BCUT2D eigenvalue weighted by atomic mass is 9.87. The molecule has 0 bridgehead atoms. The number of hydrogen-bond donors (Lipinski definition) is 1. The normalized spacial score (nSPS) is 22.3. The fourth-order valence-electron chi connectivity index (χ4n) is 2.77. The van der Waals surface area contributed by atoms with Crippen molar-refractivity contribution < 1.29 is 4.74 Å². The van der Waals surface area contributed by atoms with Crippen molar-refractivity contribution >= 4 is 0 Å². The third kappa shape index (κ3) is 6.00. The first kappa shape index (κ1) is 17.3. The molecule has 0 saturated heterocycles. The van der Waals surface area contributed by atoms with Crippen molar-refractivity contribution in [1.82, 2.24) is 5.32 Å². The average Bonchev–Trinajstić information content (AvgIpc) is 2.31. The molecule has 1 N–H and O–H groups in total. The Hall–Kier alpha value is -1.02. The first-order valence-corrected chi connectivity index (χ1v) is 8.60. The van der Waals surface area contributed by atoms with Crippen LogP contribution in [0.5, 0.6) is 5.75 Å². The van der Waals surface area contributed by atoms with Gasteiger partial charge in [-0.05, 0) is 47.8 Å². The van der Waals surface area contributed by atoms with E-state index >= 15 is 0 Å². The predicted octanol–water partition coefficient (Wildman–Crippen LogP) is 4.82. The Labute approximate surface area is 136 Å². The highest BCUT2D eigenvalue weighted by Crippen LogP contribution is 2.28. The van der Waals surface area contributed by atoms with E-state index in [0.29, 0.717) is 23.0 Å². The summed E-state index contributed by atoms with van der Waals surface area (Å²) in [5.41, 5.74) is 2.08. The van der Waals surface area contributed by atoms with Gasteiger partial charge in [-0.2, -0.15) is 0 Å². The Morgan fingerprint density at radius 3 is 2.05 bits per heavy atom. The minimum absolute atomic E-state index is 0.336. The smallest absolute Gasteiger partial charge is 0.119 e. The molecule has 0 aromatic heterocycles.